The average molecular weight is 407 g/mol. The van der Waals surface area contributed by atoms with E-state index in [2.05, 4.69) is 42.6 Å². The molecule has 2 amide bonds. The molecule has 1 aliphatic carbocycles. The van der Waals surface area contributed by atoms with E-state index < -0.39 is 6.10 Å². The Morgan fingerprint density at radius 3 is 2.57 bits per heavy atom. The molecule has 1 heterocycles. The van der Waals surface area contributed by atoms with Crippen molar-refractivity contribution in [2.24, 2.45) is 5.92 Å². The molecule has 2 aromatic rings. The van der Waals surface area contributed by atoms with Crippen LogP contribution in [0.2, 0.25) is 0 Å². The van der Waals surface area contributed by atoms with Gasteiger partial charge in [-0.05, 0) is 68.9 Å². The molecule has 0 spiro atoms. The molecule has 0 bridgehead atoms. The Bertz CT molecular complexity index is 934. The van der Waals surface area contributed by atoms with Crippen LogP contribution in [0.4, 0.5) is 0 Å². The number of benzene rings is 2. The lowest BCUT2D eigenvalue weighted by Gasteiger charge is -2.38. The molecule has 1 fully saturated rings. The predicted octanol–water partition coefficient (Wildman–Crippen LogP) is 3.78. The maximum atomic E-state index is 13.1. The molecule has 4 rings (SSSR count). The number of fused-ring (bicyclic) bond motifs is 1. The second kappa shape index (κ2) is 8.50. The highest BCUT2D eigenvalue weighted by atomic mass is 16.5. The number of carbonyl (C=O) groups is 2. The van der Waals surface area contributed by atoms with E-state index >= 15 is 0 Å². The number of nitrogens with one attached hydrogen (secondary N) is 1. The van der Waals surface area contributed by atoms with Crippen molar-refractivity contribution in [2.45, 2.75) is 52.2 Å². The van der Waals surface area contributed by atoms with Gasteiger partial charge in [-0.1, -0.05) is 35.9 Å². The van der Waals surface area contributed by atoms with Crippen molar-refractivity contribution in [1.82, 2.24) is 10.2 Å². The summed E-state index contributed by atoms with van der Waals surface area (Å²) in [5.41, 5.74) is 4.64. The third-order valence-corrected chi connectivity index (χ3v) is 5.98. The Kier molecular flexibility index (Phi) is 5.80. The van der Waals surface area contributed by atoms with E-state index in [1.54, 1.807) is 6.92 Å². The van der Waals surface area contributed by atoms with Crippen molar-refractivity contribution in [3.05, 3.63) is 64.7 Å². The minimum absolute atomic E-state index is 0.120. The summed E-state index contributed by atoms with van der Waals surface area (Å²) < 4.78 is 5.94. The van der Waals surface area contributed by atoms with E-state index in [0.717, 1.165) is 36.9 Å². The number of rotatable bonds is 6. The van der Waals surface area contributed by atoms with Gasteiger partial charge in [0.25, 0.3) is 5.91 Å². The Morgan fingerprint density at radius 2 is 1.90 bits per heavy atom. The van der Waals surface area contributed by atoms with Crippen LogP contribution < -0.4 is 10.1 Å². The largest absolute Gasteiger partial charge is 0.481 e. The maximum absolute atomic E-state index is 13.1. The van der Waals surface area contributed by atoms with Crippen molar-refractivity contribution in [1.29, 1.82) is 0 Å². The fourth-order valence-corrected chi connectivity index (χ4v) is 4.15. The van der Waals surface area contributed by atoms with E-state index in [9.17, 15) is 9.59 Å². The standard InChI is InChI=1S/C25H30N2O3/c1-4-26-24(28)17(3)30-21-12-11-18-13-14-27(25(29)20-9-10-20)23(22(18)15-21)19-7-5-16(2)6-8-19/h5-8,11-12,15,17,20,23H,4,9-10,13-14H2,1-3H3,(H,26,28). The summed E-state index contributed by atoms with van der Waals surface area (Å²) in [7, 11) is 0. The fraction of sp³-hybridized carbons (Fsp3) is 0.440. The van der Waals surface area contributed by atoms with Gasteiger partial charge in [-0.3, -0.25) is 9.59 Å². The molecule has 2 unspecified atom stereocenters. The molecule has 0 radical (unpaired) electrons. The van der Waals surface area contributed by atoms with Gasteiger partial charge in [0.05, 0.1) is 6.04 Å². The molecule has 1 saturated carbocycles. The first-order valence-corrected chi connectivity index (χ1v) is 10.9. The number of hydrogen-bond donors (Lipinski definition) is 1. The van der Waals surface area contributed by atoms with Gasteiger partial charge in [-0.2, -0.15) is 0 Å². The van der Waals surface area contributed by atoms with E-state index in [1.807, 2.05) is 24.0 Å². The van der Waals surface area contributed by atoms with E-state index in [-0.39, 0.29) is 23.8 Å². The van der Waals surface area contributed by atoms with E-state index in [0.29, 0.717) is 12.3 Å². The number of ether oxygens (including phenoxy) is 1. The fourth-order valence-electron chi connectivity index (χ4n) is 4.15. The Hall–Kier alpha value is -2.82. The molecule has 2 aliphatic rings. The number of hydrogen-bond acceptors (Lipinski definition) is 3. The number of likely N-dealkylation sites (N-methyl/N-ethyl adjacent to an activating group) is 1. The summed E-state index contributed by atoms with van der Waals surface area (Å²) >= 11 is 0. The molecule has 5 heteroatoms. The van der Waals surface area contributed by atoms with Gasteiger partial charge in [0, 0.05) is 19.0 Å². The van der Waals surface area contributed by atoms with Crippen LogP contribution in [0.3, 0.4) is 0 Å². The maximum Gasteiger partial charge on any atom is 0.260 e. The number of amides is 2. The van der Waals surface area contributed by atoms with Gasteiger partial charge in [0.1, 0.15) is 5.75 Å². The van der Waals surface area contributed by atoms with Crippen molar-refractivity contribution in [3.63, 3.8) is 0 Å². The zero-order valence-corrected chi connectivity index (χ0v) is 18.0. The van der Waals surface area contributed by atoms with Crippen molar-refractivity contribution >= 4 is 11.8 Å². The van der Waals surface area contributed by atoms with Crippen molar-refractivity contribution < 1.29 is 14.3 Å². The molecule has 30 heavy (non-hydrogen) atoms. The van der Waals surface area contributed by atoms with Crippen molar-refractivity contribution in [2.75, 3.05) is 13.1 Å². The van der Waals surface area contributed by atoms with E-state index in [4.69, 9.17) is 4.74 Å². The van der Waals surface area contributed by atoms with Crippen LogP contribution in [0, 0.1) is 12.8 Å². The summed E-state index contributed by atoms with van der Waals surface area (Å²) in [6, 6.07) is 14.3. The Balaban J connectivity index is 1.69. The molecule has 2 aromatic carbocycles. The zero-order chi connectivity index (χ0) is 21.3. The van der Waals surface area contributed by atoms with Crippen LogP contribution in [0.25, 0.3) is 0 Å². The van der Waals surface area contributed by atoms with Crippen LogP contribution >= 0.6 is 0 Å². The van der Waals surface area contributed by atoms with Crippen LogP contribution in [0.1, 0.15) is 55.0 Å². The molecule has 0 saturated heterocycles. The van der Waals surface area contributed by atoms with Crippen LogP contribution in [0.5, 0.6) is 5.75 Å². The lowest BCUT2D eigenvalue weighted by Crippen LogP contribution is -2.41. The molecule has 1 aliphatic heterocycles. The Morgan fingerprint density at radius 1 is 1.17 bits per heavy atom. The van der Waals surface area contributed by atoms with Gasteiger partial charge in [-0.15, -0.1) is 0 Å². The Labute approximate surface area is 178 Å². The minimum atomic E-state index is -0.575. The SMILES string of the molecule is CCNC(=O)C(C)Oc1ccc2c(c1)C(c1ccc(C)cc1)N(C(=O)C1CC1)CC2. The monoisotopic (exact) mass is 406 g/mol. The smallest absolute Gasteiger partial charge is 0.260 e. The van der Waals surface area contributed by atoms with Crippen LogP contribution in [0.15, 0.2) is 42.5 Å². The van der Waals surface area contributed by atoms with Gasteiger partial charge in [0.2, 0.25) is 5.91 Å². The molecule has 0 aromatic heterocycles. The molecular formula is C25H30N2O3. The van der Waals surface area contributed by atoms with E-state index in [1.165, 1.54) is 11.1 Å². The molecule has 158 valence electrons. The van der Waals surface area contributed by atoms with Crippen LogP contribution in [-0.4, -0.2) is 35.9 Å². The first-order valence-electron chi connectivity index (χ1n) is 10.9. The first-order chi connectivity index (χ1) is 14.5. The summed E-state index contributed by atoms with van der Waals surface area (Å²) in [5, 5.41) is 2.79. The van der Waals surface area contributed by atoms with Gasteiger partial charge >= 0.3 is 0 Å². The first kappa shape index (κ1) is 20.5. The summed E-state index contributed by atoms with van der Waals surface area (Å²) in [5.74, 6) is 0.964. The van der Waals surface area contributed by atoms with Crippen molar-refractivity contribution in [3.8, 4) is 5.75 Å². The third kappa shape index (κ3) is 4.20. The van der Waals surface area contributed by atoms with Crippen LogP contribution in [-0.2, 0) is 16.0 Å². The number of aryl methyl sites for hydroxylation is 1. The molecular weight excluding hydrogens is 376 g/mol. The highest BCUT2D eigenvalue weighted by Gasteiger charge is 2.39. The number of nitrogens with zero attached hydrogens (tertiary/aromatic N) is 1. The minimum Gasteiger partial charge on any atom is -0.481 e. The summed E-state index contributed by atoms with van der Waals surface area (Å²) in [6.07, 6.45) is 2.25. The molecule has 1 N–H and O–H groups in total. The zero-order valence-electron chi connectivity index (χ0n) is 18.0. The normalized spacial score (nSPS) is 19.0. The quantitative estimate of drug-likeness (QED) is 0.794. The predicted molar refractivity (Wildman–Crippen MR) is 116 cm³/mol. The topological polar surface area (TPSA) is 58.6 Å². The number of carbonyl (C=O) groups excluding carboxylic acids is 2. The highest BCUT2D eigenvalue weighted by molar-refractivity contribution is 5.82. The highest BCUT2D eigenvalue weighted by Crippen LogP contribution is 2.41. The third-order valence-electron chi connectivity index (χ3n) is 5.98. The molecule has 2 atom stereocenters. The second-order valence-electron chi connectivity index (χ2n) is 8.38. The molecule has 5 nitrogen and oxygen atoms in total. The lowest BCUT2D eigenvalue weighted by molar-refractivity contribution is -0.134. The average Bonchev–Trinajstić information content (AvgIpc) is 3.58. The van der Waals surface area contributed by atoms with Gasteiger partial charge < -0.3 is 15.0 Å². The summed E-state index contributed by atoms with van der Waals surface area (Å²) in [6.45, 7) is 7.02. The lowest BCUT2D eigenvalue weighted by atomic mass is 9.87. The van der Waals surface area contributed by atoms with Gasteiger partial charge in [0.15, 0.2) is 6.10 Å². The van der Waals surface area contributed by atoms with Gasteiger partial charge in [-0.25, -0.2) is 0 Å². The second-order valence-corrected chi connectivity index (χ2v) is 8.38. The summed E-state index contributed by atoms with van der Waals surface area (Å²) in [4.78, 5) is 27.2.